The maximum Gasteiger partial charge on any atom is 0.142 e. The number of carbonyl (C=O) groups excluding carboxylic acids is 1. The number of Topliss-reactive ketones (excluding diaryl/α,β-unsaturated/α-hetero) is 1. The molecule has 0 saturated heterocycles. The summed E-state index contributed by atoms with van der Waals surface area (Å²) in [7, 11) is 0. The van der Waals surface area contributed by atoms with E-state index in [1.54, 1.807) is 23.5 Å². The van der Waals surface area contributed by atoms with Crippen LogP contribution >= 0.6 is 27.3 Å². The lowest BCUT2D eigenvalue weighted by atomic mass is 10.1. The maximum absolute atomic E-state index is 13.3. The highest BCUT2D eigenvalue weighted by Crippen LogP contribution is 2.21. The minimum absolute atomic E-state index is 0.0961. The summed E-state index contributed by atoms with van der Waals surface area (Å²) in [6.45, 7) is 0. The Morgan fingerprint density at radius 1 is 1.24 bits per heavy atom. The molecule has 0 spiro atoms. The number of halogens is 2. The molecular weight excluding hydrogens is 303 g/mol. The SMILES string of the molecule is O=C(Cc1cccs1)Cc1cccc(F)c1Br. The Morgan fingerprint density at radius 3 is 2.76 bits per heavy atom. The lowest BCUT2D eigenvalue weighted by molar-refractivity contribution is -0.117. The molecule has 0 fully saturated rings. The third-order valence-corrected chi connectivity index (χ3v) is 4.14. The van der Waals surface area contributed by atoms with Crippen LogP contribution in [0.2, 0.25) is 0 Å². The quantitative estimate of drug-likeness (QED) is 0.834. The molecule has 1 aromatic heterocycles. The highest BCUT2D eigenvalue weighted by Gasteiger charge is 2.10. The summed E-state index contributed by atoms with van der Waals surface area (Å²) in [5, 5.41) is 1.95. The molecule has 0 aliphatic rings. The molecule has 0 atom stereocenters. The lowest BCUT2D eigenvalue weighted by Gasteiger charge is -2.04. The van der Waals surface area contributed by atoms with Crippen LogP contribution in [0.15, 0.2) is 40.2 Å². The second-order valence-corrected chi connectivity index (χ2v) is 5.51. The molecule has 0 saturated carbocycles. The van der Waals surface area contributed by atoms with Gasteiger partial charge in [0.2, 0.25) is 0 Å². The summed E-state index contributed by atoms with van der Waals surface area (Å²) < 4.78 is 13.6. The topological polar surface area (TPSA) is 17.1 Å². The van der Waals surface area contributed by atoms with Gasteiger partial charge in [-0.2, -0.15) is 0 Å². The molecule has 1 nitrogen and oxygen atoms in total. The van der Waals surface area contributed by atoms with Crippen LogP contribution in [0.3, 0.4) is 0 Å². The Labute approximate surface area is 111 Å². The van der Waals surface area contributed by atoms with Gasteiger partial charge in [0.15, 0.2) is 0 Å². The summed E-state index contributed by atoms with van der Waals surface area (Å²) in [6.07, 6.45) is 0.677. The van der Waals surface area contributed by atoms with Gasteiger partial charge >= 0.3 is 0 Å². The van der Waals surface area contributed by atoms with E-state index in [1.807, 2.05) is 17.5 Å². The molecule has 4 heteroatoms. The number of thiophene rings is 1. The van der Waals surface area contributed by atoms with E-state index in [4.69, 9.17) is 0 Å². The van der Waals surface area contributed by atoms with E-state index in [-0.39, 0.29) is 18.0 Å². The molecule has 0 bridgehead atoms. The molecule has 0 amide bonds. The van der Waals surface area contributed by atoms with E-state index in [2.05, 4.69) is 15.9 Å². The number of benzene rings is 1. The largest absolute Gasteiger partial charge is 0.299 e. The Bertz CT molecular complexity index is 522. The van der Waals surface area contributed by atoms with Crippen molar-refractivity contribution < 1.29 is 9.18 Å². The average molecular weight is 313 g/mol. The Morgan fingerprint density at radius 2 is 2.06 bits per heavy atom. The predicted octanol–water partition coefficient (Wildman–Crippen LogP) is 4.00. The predicted molar refractivity (Wildman–Crippen MR) is 70.8 cm³/mol. The monoisotopic (exact) mass is 312 g/mol. The highest BCUT2D eigenvalue weighted by molar-refractivity contribution is 9.10. The van der Waals surface area contributed by atoms with Crippen molar-refractivity contribution in [3.05, 3.63) is 56.4 Å². The summed E-state index contributed by atoms with van der Waals surface area (Å²) in [5.74, 6) is -0.231. The highest BCUT2D eigenvalue weighted by atomic mass is 79.9. The summed E-state index contributed by atoms with van der Waals surface area (Å²) in [6, 6.07) is 8.61. The zero-order valence-electron chi connectivity index (χ0n) is 8.95. The van der Waals surface area contributed by atoms with Crippen LogP contribution in [0.1, 0.15) is 10.4 Å². The summed E-state index contributed by atoms with van der Waals surface area (Å²) in [4.78, 5) is 12.9. The zero-order valence-corrected chi connectivity index (χ0v) is 11.4. The van der Waals surface area contributed by atoms with Gasteiger partial charge in [0, 0.05) is 17.7 Å². The first-order valence-corrected chi connectivity index (χ1v) is 6.81. The average Bonchev–Trinajstić information content (AvgIpc) is 2.77. The maximum atomic E-state index is 13.3. The van der Waals surface area contributed by atoms with Crippen molar-refractivity contribution >= 4 is 33.0 Å². The minimum atomic E-state index is -0.327. The molecule has 2 rings (SSSR count). The van der Waals surface area contributed by atoms with Crippen molar-refractivity contribution in [2.24, 2.45) is 0 Å². The molecular formula is C13H10BrFOS. The smallest absolute Gasteiger partial charge is 0.142 e. The first-order valence-electron chi connectivity index (χ1n) is 5.14. The van der Waals surface area contributed by atoms with Gasteiger partial charge in [-0.1, -0.05) is 18.2 Å². The number of ketones is 1. The fourth-order valence-electron chi connectivity index (χ4n) is 1.57. The van der Waals surface area contributed by atoms with E-state index >= 15 is 0 Å². The number of hydrogen-bond acceptors (Lipinski definition) is 2. The normalized spacial score (nSPS) is 10.5. The van der Waals surface area contributed by atoms with Gasteiger partial charge in [-0.15, -0.1) is 11.3 Å². The van der Waals surface area contributed by atoms with Gasteiger partial charge in [0.1, 0.15) is 11.6 Å². The van der Waals surface area contributed by atoms with Crippen molar-refractivity contribution in [2.75, 3.05) is 0 Å². The standard InChI is InChI=1S/C13H10BrFOS/c14-13-9(3-1-5-12(13)15)7-10(16)8-11-4-2-6-17-11/h1-6H,7-8H2. The van der Waals surface area contributed by atoms with Crippen molar-refractivity contribution in [3.63, 3.8) is 0 Å². The summed E-state index contributed by atoms with van der Waals surface area (Å²) in [5.41, 5.74) is 0.701. The Kier molecular flexibility index (Phi) is 4.07. The van der Waals surface area contributed by atoms with Gasteiger partial charge in [0.25, 0.3) is 0 Å². The molecule has 2 aromatic rings. The van der Waals surface area contributed by atoms with Crippen LogP contribution in [0, 0.1) is 5.82 Å². The molecule has 0 N–H and O–H groups in total. The molecule has 0 aliphatic heterocycles. The third-order valence-electron chi connectivity index (χ3n) is 2.37. The van der Waals surface area contributed by atoms with Gasteiger partial charge < -0.3 is 0 Å². The van der Waals surface area contributed by atoms with Crippen molar-refractivity contribution in [1.82, 2.24) is 0 Å². The molecule has 1 aromatic carbocycles. The fourth-order valence-corrected chi connectivity index (χ4v) is 2.71. The fraction of sp³-hybridized carbons (Fsp3) is 0.154. The summed E-state index contributed by atoms with van der Waals surface area (Å²) >= 11 is 4.72. The van der Waals surface area contributed by atoms with Gasteiger partial charge in [-0.3, -0.25) is 4.79 Å². The van der Waals surface area contributed by atoms with Crippen LogP contribution in [0.4, 0.5) is 4.39 Å². The molecule has 0 radical (unpaired) electrons. The van der Waals surface area contributed by atoms with E-state index in [0.29, 0.717) is 16.5 Å². The molecule has 1 heterocycles. The molecule has 17 heavy (non-hydrogen) atoms. The Hall–Kier alpha value is -1.00. The van der Waals surface area contributed by atoms with Gasteiger partial charge in [-0.25, -0.2) is 4.39 Å². The van der Waals surface area contributed by atoms with Crippen molar-refractivity contribution in [2.45, 2.75) is 12.8 Å². The molecule has 0 unspecified atom stereocenters. The minimum Gasteiger partial charge on any atom is -0.299 e. The van der Waals surface area contributed by atoms with Crippen molar-refractivity contribution in [1.29, 1.82) is 0 Å². The lowest BCUT2D eigenvalue weighted by Crippen LogP contribution is -2.06. The molecule has 88 valence electrons. The van der Waals surface area contributed by atoms with Crippen LogP contribution in [0.5, 0.6) is 0 Å². The van der Waals surface area contributed by atoms with Crippen LogP contribution < -0.4 is 0 Å². The van der Waals surface area contributed by atoms with E-state index < -0.39 is 0 Å². The van der Waals surface area contributed by atoms with Gasteiger partial charge in [0.05, 0.1) is 4.47 Å². The second-order valence-electron chi connectivity index (χ2n) is 3.68. The van der Waals surface area contributed by atoms with Crippen molar-refractivity contribution in [3.8, 4) is 0 Å². The number of rotatable bonds is 4. The van der Waals surface area contributed by atoms with E-state index in [0.717, 1.165) is 4.88 Å². The number of carbonyl (C=O) groups is 1. The second kappa shape index (κ2) is 5.56. The third kappa shape index (κ3) is 3.23. The first-order chi connectivity index (χ1) is 8.16. The molecule has 0 aliphatic carbocycles. The van der Waals surface area contributed by atoms with E-state index in [9.17, 15) is 9.18 Å². The van der Waals surface area contributed by atoms with Gasteiger partial charge in [-0.05, 0) is 39.0 Å². The van der Waals surface area contributed by atoms with Crippen LogP contribution in [-0.2, 0) is 17.6 Å². The van der Waals surface area contributed by atoms with E-state index in [1.165, 1.54) is 6.07 Å². The first kappa shape index (κ1) is 12.5. The number of hydrogen-bond donors (Lipinski definition) is 0. The Balaban J connectivity index is 2.06. The van der Waals surface area contributed by atoms with Crippen LogP contribution in [-0.4, -0.2) is 5.78 Å². The zero-order chi connectivity index (χ0) is 12.3. The van der Waals surface area contributed by atoms with Crippen LogP contribution in [0.25, 0.3) is 0 Å².